The standard InChI is InChI=1S/C19H19F2N3O3/c1-3-10-24-14-7-5-4-6-13(14)22-19(24)23-17(25)12-8-9-15(27-18(20)21)16(11-12)26-2/h4-9,11,18H,3,10H2,1-2H3,(H,22,23,25). The molecular formula is C19H19F2N3O3. The van der Waals surface area contributed by atoms with Gasteiger partial charge in [0.05, 0.1) is 18.1 Å². The number of anilines is 1. The third-order valence-corrected chi connectivity index (χ3v) is 3.97. The third kappa shape index (κ3) is 3.99. The van der Waals surface area contributed by atoms with Crippen molar-refractivity contribution < 1.29 is 23.0 Å². The summed E-state index contributed by atoms with van der Waals surface area (Å²) in [5, 5.41) is 2.78. The van der Waals surface area contributed by atoms with Gasteiger partial charge in [0.1, 0.15) is 0 Å². The van der Waals surface area contributed by atoms with Crippen LogP contribution in [0.5, 0.6) is 11.5 Å². The Morgan fingerprint density at radius 2 is 2.00 bits per heavy atom. The molecule has 1 heterocycles. The molecule has 1 N–H and O–H groups in total. The van der Waals surface area contributed by atoms with Crippen LogP contribution >= 0.6 is 0 Å². The van der Waals surface area contributed by atoms with E-state index < -0.39 is 12.5 Å². The highest BCUT2D eigenvalue weighted by molar-refractivity contribution is 6.04. The topological polar surface area (TPSA) is 65.4 Å². The Hall–Kier alpha value is -3.16. The summed E-state index contributed by atoms with van der Waals surface area (Å²) in [6.07, 6.45) is 0.872. The van der Waals surface area contributed by atoms with E-state index in [0.29, 0.717) is 12.5 Å². The molecule has 3 aromatic rings. The van der Waals surface area contributed by atoms with Crippen LogP contribution in [0.3, 0.4) is 0 Å². The smallest absolute Gasteiger partial charge is 0.387 e. The maximum absolute atomic E-state index is 12.6. The highest BCUT2D eigenvalue weighted by Gasteiger charge is 2.17. The summed E-state index contributed by atoms with van der Waals surface area (Å²) in [7, 11) is 1.32. The zero-order valence-corrected chi connectivity index (χ0v) is 14.9. The zero-order valence-electron chi connectivity index (χ0n) is 14.9. The normalized spacial score (nSPS) is 11.0. The number of aryl methyl sites for hydroxylation is 1. The SMILES string of the molecule is CCCn1c(NC(=O)c2ccc(OC(F)F)c(OC)c2)nc2ccccc21. The molecule has 0 saturated heterocycles. The van der Waals surface area contributed by atoms with Gasteiger partial charge in [0, 0.05) is 12.1 Å². The summed E-state index contributed by atoms with van der Waals surface area (Å²) in [5.74, 6) is -0.0910. The number of benzene rings is 2. The number of methoxy groups -OCH3 is 1. The average molecular weight is 375 g/mol. The van der Waals surface area contributed by atoms with Gasteiger partial charge in [-0.25, -0.2) is 4.98 Å². The lowest BCUT2D eigenvalue weighted by atomic mass is 10.2. The van der Waals surface area contributed by atoms with Crippen LogP contribution in [0.4, 0.5) is 14.7 Å². The number of aromatic nitrogens is 2. The average Bonchev–Trinajstić information content (AvgIpc) is 2.99. The molecule has 1 aromatic heterocycles. The van der Waals surface area contributed by atoms with Crippen LogP contribution in [0, 0.1) is 0 Å². The molecule has 0 radical (unpaired) electrons. The number of hydrogen-bond donors (Lipinski definition) is 1. The highest BCUT2D eigenvalue weighted by Crippen LogP contribution is 2.30. The maximum Gasteiger partial charge on any atom is 0.387 e. The molecule has 0 aliphatic rings. The van der Waals surface area contributed by atoms with Crippen LogP contribution < -0.4 is 14.8 Å². The van der Waals surface area contributed by atoms with Crippen molar-refractivity contribution in [3.05, 3.63) is 48.0 Å². The van der Waals surface area contributed by atoms with Crippen molar-refractivity contribution >= 4 is 22.9 Å². The van der Waals surface area contributed by atoms with Crippen molar-refractivity contribution in [2.75, 3.05) is 12.4 Å². The van der Waals surface area contributed by atoms with Gasteiger partial charge in [-0.05, 0) is 36.8 Å². The molecule has 3 rings (SSSR count). The lowest BCUT2D eigenvalue weighted by molar-refractivity contribution is -0.0512. The number of alkyl halides is 2. The lowest BCUT2D eigenvalue weighted by Crippen LogP contribution is -2.16. The number of amides is 1. The van der Waals surface area contributed by atoms with Crippen LogP contribution in [0.25, 0.3) is 11.0 Å². The predicted molar refractivity (Wildman–Crippen MR) is 97.6 cm³/mol. The van der Waals surface area contributed by atoms with Gasteiger partial charge < -0.3 is 14.0 Å². The fraction of sp³-hybridized carbons (Fsp3) is 0.263. The zero-order chi connectivity index (χ0) is 19.4. The quantitative estimate of drug-likeness (QED) is 0.668. The van der Waals surface area contributed by atoms with Crippen molar-refractivity contribution in [3.8, 4) is 11.5 Å². The third-order valence-electron chi connectivity index (χ3n) is 3.97. The molecule has 27 heavy (non-hydrogen) atoms. The van der Waals surface area contributed by atoms with Crippen LogP contribution in [0.15, 0.2) is 42.5 Å². The summed E-state index contributed by atoms with van der Waals surface area (Å²) >= 11 is 0. The van der Waals surface area contributed by atoms with Gasteiger partial charge in [-0.2, -0.15) is 8.78 Å². The fourth-order valence-electron chi connectivity index (χ4n) is 2.80. The van der Waals surface area contributed by atoms with Gasteiger partial charge in [0.25, 0.3) is 5.91 Å². The summed E-state index contributed by atoms with van der Waals surface area (Å²) in [6, 6.07) is 11.6. The van der Waals surface area contributed by atoms with E-state index in [9.17, 15) is 13.6 Å². The summed E-state index contributed by atoms with van der Waals surface area (Å²) < 4.78 is 36.2. The first-order valence-corrected chi connectivity index (χ1v) is 8.43. The molecule has 0 aliphatic heterocycles. The summed E-state index contributed by atoms with van der Waals surface area (Å²) in [4.78, 5) is 17.1. The number of nitrogens with zero attached hydrogens (tertiary/aromatic N) is 2. The molecular weight excluding hydrogens is 356 g/mol. The number of hydrogen-bond acceptors (Lipinski definition) is 4. The minimum atomic E-state index is -2.98. The van der Waals surface area contributed by atoms with E-state index in [2.05, 4.69) is 15.0 Å². The first-order chi connectivity index (χ1) is 13.0. The van der Waals surface area contributed by atoms with E-state index in [-0.39, 0.29) is 17.1 Å². The molecule has 0 saturated carbocycles. The van der Waals surface area contributed by atoms with Gasteiger partial charge in [0.2, 0.25) is 5.95 Å². The number of carbonyl (C=O) groups is 1. The molecule has 2 aromatic carbocycles. The number of ether oxygens (including phenoxy) is 2. The van der Waals surface area contributed by atoms with Crippen molar-refractivity contribution in [2.24, 2.45) is 0 Å². The second-order valence-corrected chi connectivity index (χ2v) is 5.77. The number of fused-ring (bicyclic) bond motifs is 1. The van der Waals surface area contributed by atoms with Gasteiger partial charge in [-0.15, -0.1) is 0 Å². The Balaban J connectivity index is 1.89. The minimum absolute atomic E-state index is 0.0463. The number of para-hydroxylation sites is 2. The van der Waals surface area contributed by atoms with Crippen molar-refractivity contribution in [1.82, 2.24) is 9.55 Å². The monoisotopic (exact) mass is 375 g/mol. The first kappa shape index (κ1) is 18.6. The van der Waals surface area contributed by atoms with E-state index in [1.165, 1.54) is 25.3 Å². The summed E-state index contributed by atoms with van der Waals surface area (Å²) in [5.41, 5.74) is 1.94. The predicted octanol–water partition coefficient (Wildman–Crippen LogP) is 4.31. The number of imidazole rings is 1. The number of rotatable bonds is 7. The van der Waals surface area contributed by atoms with E-state index >= 15 is 0 Å². The number of carbonyl (C=O) groups excluding carboxylic acids is 1. The first-order valence-electron chi connectivity index (χ1n) is 8.43. The molecule has 0 unspecified atom stereocenters. The van der Waals surface area contributed by atoms with Crippen LogP contribution in [0.2, 0.25) is 0 Å². The van der Waals surface area contributed by atoms with E-state index in [1.807, 2.05) is 35.8 Å². The molecule has 0 fully saturated rings. The molecule has 0 spiro atoms. The maximum atomic E-state index is 12.6. The van der Waals surface area contributed by atoms with Gasteiger partial charge >= 0.3 is 6.61 Å². The second kappa shape index (κ2) is 8.03. The molecule has 8 heteroatoms. The Labute approximate surface area is 154 Å². The van der Waals surface area contributed by atoms with E-state index in [0.717, 1.165) is 17.5 Å². The molecule has 0 atom stereocenters. The van der Waals surface area contributed by atoms with Crippen LogP contribution in [0.1, 0.15) is 23.7 Å². The Morgan fingerprint density at radius 1 is 1.22 bits per heavy atom. The highest BCUT2D eigenvalue weighted by atomic mass is 19.3. The molecule has 142 valence electrons. The van der Waals surface area contributed by atoms with Crippen molar-refractivity contribution in [3.63, 3.8) is 0 Å². The van der Waals surface area contributed by atoms with Gasteiger partial charge in [-0.3, -0.25) is 10.1 Å². The van der Waals surface area contributed by atoms with Gasteiger partial charge in [0.15, 0.2) is 11.5 Å². The largest absolute Gasteiger partial charge is 0.493 e. The molecule has 0 aliphatic carbocycles. The molecule has 0 bridgehead atoms. The Morgan fingerprint density at radius 3 is 2.70 bits per heavy atom. The molecule has 1 amide bonds. The van der Waals surface area contributed by atoms with Crippen LogP contribution in [-0.2, 0) is 6.54 Å². The van der Waals surface area contributed by atoms with Crippen molar-refractivity contribution in [1.29, 1.82) is 0 Å². The Bertz CT molecular complexity index is 957. The second-order valence-electron chi connectivity index (χ2n) is 5.77. The lowest BCUT2D eigenvalue weighted by Gasteiger charge is -2.12. The fourth-order valence-corrected chi connectivity index (χ4v) is 2.80. The number of nitrogens with one attached hydrogen (secondary N) is 1. The number of halogens is 2. The van der Waals surface area contributed by atoms with E-state index in [4.69, 9.17) is 4.74 Å². The van der Waals surface area contributed by atoms with Gasteiger partial charge in [-0.1, -0.05) is 19.1 Å². The van der Waals surface area contributed by atoms with E-state index in [1.54, 1.807) is 0 Å². The molecule has 6 nitrogen and oxygen atoms in total. The van der Waals surface area contributed by atoms with Crippen LogP contribution in [-0.4, -0.2) is 29.2 Å². The van der Waals surface area contributed by atoms with Crippen molar-refractivity contribution in [2.45, 2.75) is 26.5 Å². The minimum Gasteiger partial charge on any atom is -0.493 e. The summed E-state index contributed by atoms with van der Waals surface area (Å²) in [6.45, 7) is -0.249. The Kier molecular flexibility index (Phi) is 5.54.